The maximum absolute atomic E-state index is 13.4. The summed E-state index contributed by atoms with van der Waals surface area (Å²) in [5.74, 6) is 0.195. The van der Waals surface area contributed by atoms with Crippen molar-refractivity contribution < 1.29 is 28.6 Å². The number of aliphatic hydroxyl groups is 1. The lowest BCUT2D eigenvalue weighted by molar-refractivity contribution is -0.132. The number of benzene rings is 2. The molecular formula is C28H29NO6. The summed E-state index contributed by atoms with van der Waals surface area (Å²) in [5, 5.41) is 11.5. The van der Waals surface area contributed by atoms with Crippen LogP contribution in [0.2, 0.25) is 0 Å². The Hall–Kier alpha value is -4.00. The van der Waals surface area contributed by atoms with Gasteiger partial charge < -0.3 is 19.0 Å². The van der Waals surface area contributed by atoms with Crippen LogP contribution in [0.3, 0.4) is 0 Å². The van der Waals surface area contributed by atoms with E-state index in [2.05, 4.69) is 0 Å². The van der Waals surface area contributed by atoms with Gasteiger partial charge in [0, 0.05) is 11.1 Å². The third kappa shape index (κ3) is 4.18. The summed E-state index contributed by atoms with van der Waals surface area (Å²) in [4.78, 5) is 28.1. The molecule has 0 aliphatic carbocycles. The van der Waals surface area contributed by atoms with Gasteiger partial charge in [-0.1, -0.05) is 32.9 Å². The number of ketones is 1. The molecule has 0 saturated carbocycles. The van der Waals surface area contributed by atoms with Crippen molar-refractivity contribution in [3.63, 3.8) is 0 Å². The highest BCUT2D eigenvalue weighted by molar-refractivity contribution is 6.51. The molecule has 2 aromatic carbocycles. The Labute approximate surface area is 204 Å². The average Bonchev–Trinajstić information content (AvgIpc) is 3.38. The summed E-state index contributed by atoms with van der Waals surface area (Å²) in [6.45, 7) is 7.86. The number of hydrogen-bond donors (Lipinski definition) is 1. The number of furan rings is 1. The van der Waals surface area contributed by atoms with Gasteiger partial charge in [-0.15, -0.1) is 0 Å². The van der Waals surface area contributed by atoms with Crippen molar-refractivity contribution in [1.82, 2.24) is 0 Å². The first kappa shape index (κ1) is 24.1. The molecule has 1 aliphatic heterocycles. The van der Waals surface area contributed by atoms with E-state index in [1.54, 1.807) is 68.6 Å². The van der Waals surface area contributed by atoms with Gasteiger partial charge in [-0.3, -0.25) is 14.5 Å². The summed E-state index contributed by atoms with van der Waals surface area (Å²) in [7, 11) is 3.08. The third-order valence-electron chi connectivity index (χ3n) is 6.10. The topological polar surface area (TPSA) is 89.2 Å². The molecule has 35 heavy (non-hydrogen) atoms. The number of nitrogens with zero attached hydrogens (tertiary/aromatic N) is 1. The summed E-state index contributed by atoms with van der Waals surface area (Å²) in [6, 6.07) is 14.6. The SMILES string of the molecule is COc1ccccc1N1C(=O)C(=O)/C(=C(\O)c2ccc(OC)c(C(C)(C)C)c2)C1c1ccc(C)o1. The Morgan fingerprint density at radius 2 is 1.66 bits per heavy atom. The molecule has 0 bridgehead atoms. The lowest BCUT2D eigenvalue weighted by atomic mass is 9.84. The molecule has 1 atom stereocenters. The number of rotatable bonds is 5. The molecule has 1 unspecified atom stereocenters. The molecule has 1 fully saturated rings. The van der Waals surface area contributed by atoms with Crippen LogP contribution in [0.25, 0.3) is 5.76 Å². The Balaban J connectivity index is 1.97. The van der Waals surface area contributed by atoms with Crippen LogP contribution in [0.5, 0.6) is 11.5 Å². The minimum atomic E-state index is -0.972. The number of Topliss-reactive ketones (excluding diaryl/α,β-unsaturated/α-hetero) is 1. The molecule has 1 saturated heterocycles. The molecule has 0 radical (unpaired) electrons. The van der Waals surface area contributed by atoms with Crippen LogP contribution in [-0.2, 0) is 15.0 Å². The van der Waals surface area contributed by atoms with Crippen LogP contribution in [0.1, 0.15) is 49.5 Å². The number of hydrogen-bond acceptors (Lipinski definition) is 6. The summed E-state index contributed by atoms with van der Waals surface area (Å²) >= 11 is 0. The number of anilines is 1. The van der Waals surface area contributed by atoms with E-state index in [0.29, 0.717) is 34.3 Å². The van der Waals surface area contributed by atoms with Crippen molar-refractivity contribution >= 4 is 23.1 Å². The second kappa shape index (κ2) is 8.98. The summed E-state index contributed by atoms with van der Waals surface area (Å²) < 4.78 is 16.8. The lowest BCUT2D eigenvalue weighted by Gasteiger charge is -2.25. The number of amides is 1. The maximum Gasteiger partial charge on any atom is 0.300 e. The Morgan fingerprint density at radius 3 is 2.26 bits per heavy atom. The monoisotopic (exact) mass is 475 g/mol. The van der Waals surface area contributed by atoms with E-state index in [9.17, 15) is 14.7 Å². The Morgan fingerprint density at radius 1 is 0.971 bits per heavy atom. The number of para-hydroxylation sites is 2. The van der Waals surface area contributed by atoms with Gasteiger partial charge in [0.1, 0.15) is 34.8 Å². The summed E-state index contributed by atoms with van der Waals surface area (Å²) in [6.07, 6.45) is 0. The van der Waals surface area contributed by atoms with Crippen LogP contribution >= 0.6 is 0 Å². The van der Waals surface area contributed by atoms with E-state index < -0.39 is 17.7 Å². The first-order valence-electron chi connectivity index (χ1n) is 11.3. The van der Waals surface area contributed by atoms with E-state index in [4.69, 9.17) is 13.9 Å². The molecule has 3 aromatic rings. The van der Waals surface area contributed by atoms with Gasteiger partial charge in [0.15, 0.2) is 0 Å². The summed E-state index contributed by atoms with van der Waals surface area (Å²) in [5.41, 5.74) is 1.32. The highest BCUT2D eigenvalue weighted by atomic mass is 16.5. The number of aliphatic hydroxyl groups excluding tert-OH is 1. The highest BCUT2D eigenvalue weighted by Gasteiger charge is 2.49. The second-order valence-corrected chi connectivity index (χ2v) is 9.45. The average molecular weight is 476 g/mol. The van der Waals surface area contributed by atoms with Gasteiger partial charge in [-0.2, -0.15) is 0 Å². The van der Waals surface area contributed by atoms with E-state index in [1.807, 2.05) is 20.8 Å². The number of methoxy groups -OCH3 is 2. The first-order chi connectivity index (χ1) is 16.6. The zero-order valence-electron chi connectivity index (χ0n) is 20.7. The zero-order valence-corrected chi connectivity index (χ0v) is 20.7. The van der Waals surface area contributed by atoms with Crippen LogP contribution < -0.4 is 14.4 Å². The van der Waals surface area contributed by atoms with Crippen molar-refractivity contribution in [3.05, 3.63) is 82.8 Å². The van der Waals surface area contributed by atoms with Gasteiger partial charge in [0.2, 0.25) is 0 Å². The molecule has 7 nitrogen and oxygen atoms in total. The third-order valence-corrected chi connectivity index (χ3v) is 6.10. The smallest absolute Gasteiger partial charge is 0.300 e. The Kier molecular flexibility index (Phi) is 6.19. The molecule has 4 rings (SSSR count). The van der Waals surface area contributed by atoms with Gasteiger partial charge in [-0.25, -0.2) is 0 Å². The van der Waals surface area contributed by atoms with E-state index in [1.165, 1.54) is 12.0 Å². The number of aryl methyl sites for hydroxylation is 1. The largest absolute Gasteiger partial charge is 0.507 e. The molecular weight excluding hydrogens is 446 g/mol. The van der Waals surface area contributed by atoms with Crippen LogP contribution in [0, 0.1) is 6.92 Å². The van der Waals surface area contributed by atoms with Gasteiger partial charge >= 0.3 is 0 Å². The van der Waals surface area contributed by atoms with E-state index in [-0.39, 0.29) is 16.7 Å². The van der Waals surface area contributed by atoms with E-state index in [0.717, 1.165) is 5.56 Å². The minimum absolute atomic E-state index is 0.0553. The van der Waals surface area contributed by atoms with Crippen molar-refractivity contribution in [2.45, 2.75) is 39.2 Å². The van der Waals surface area contributed by atoms with Crippen molar-refractivity contribution in [2.75, 3.05) is 19.1 Å². The number of carbonyl (C=O) groups is 2. The highest BCUT2D eigenvalue weighted by Crippen LogP contribution is 2.45. The Bertz CT molecular complexity index is 1330. The van der Waals surface area contributed by atoms with Crippen LogP contribution in [0.4, 0.5) is 5.69 Å². The molecule has 7 heteroatoms. The first-order valence-corrected chi connectivity index (χ1v) is 11.3. The molecule has 1 aromatic heterocycles. The quantitative estimate of drug-likeness (QED) is 0.297. The zero-order chi connectivity index (χ0) is 25.5. The standard InChI is InChI=1S/C28H29NO6/c1-16-11-13-22(35-16)24-23(25(30)17-12-14-20(33-5)18(15-17)28(2,3)4)26(31)27(32)29(24)19-9-7-8-10-21(19)34-6/h7-15,24,30H,1-6H3/b25-23-. The predicted molar refractivity (Wildman–Crippen MR) is 133 cm³/mol. The van der Waals surface area contributed by atoms with E-state index >= 15 is 0 Å². The number of carbonyl (C=O) groups excluding carboxylic acids is 2. The molecule has 1 aliphatic rings. The van der Waals surface area contributed by atoms with Gasteiger partial charge in [-0.05, 0) is 54.8 Å². The van der Waals surface area contributed by atoms with Crippen molar-refractivity contribution in [1.29, 1.82) is 0 Å². The predicted octanol–water partition coefficient (Wildman–Crippen LogP) is 5.53. The second-order valence-electron chi connectivity index (χ2n) is 9.45. The van der Waals surface area contributed by atoms with Crippen LogP contribution in [-0.4, -0.2) is 31.0 Å². The molecule has 182 valence electrons. The fourth-order valence-corrected chi connectivity index (χ4v) is 4.38. The normalized spacial score (nSPS) is 17.7. The van der Waals surface area contributed by atoms with Crippen LogP contribution in [0.15, 0.2) is 64.6 Å². The molecule has 1 N–H and O–H groups in total. The fourth-order valence-electron chi connectivity index (χ4n) is 4.38. The van der Waals surface area contributed by atoms with Crippen molar-refractivity contribution in [3.8, 4) is 11.5 Å². The van der Waals surface area contributed by atoms with Gasteiger partial charge in [0.05, 0.1) is 25.5 Å². The molecule has 2 heterocycles. The fraction of sp³-hybridized carbons (Fsp3) is 0.286. The van der Waals surface area contributed by atoms with Crippen molar-refractivity contribution in [2.24, 2.45) is 0 Å². The molecule has 0 spiro atoms. The van der Waals surface area contributed by atoms with Gasteiger partial charge in [0.25, 0.3) is 11.7 Å². The lowest BCUT2D eigenvalue weighted by Crippen LogP contribution is -2.29. The maximum atomic E-state index is 13.4. The number of ether oxygens (including phenoxy) is 2. The molecule has 1 amide bonds. The minimum Gasteiger partial charge on any atom is -0.507 e.